The standard InChI is InChI=1S/C15H21N3O4S/c1-8(19)10-11-9(4-6-17)13(23-7-3-2-5-16)12(15(21)22)18(11)14(10)20/h8-11,19H,2-4,6-7,17H2,1H3,(H,21,22)/t8-,9-,10-,11-/m1/s1. The van der Waals surface area contributed by atoms with Crippen molar-refractivity contribution in [2.75, 3.05) is 12.3 Å². The summed E-state index contributed by atoms with van der Waals surface area (Å²) in [6.07, 6.45) is 0.814. The van der Waals surface area contributed by atoms with Crippen molar-refractivity contribution in [3.05, 3.63) is 10.6 Å². The quantitative estimate of drug-likeness (QED) is 0.434. The molecular formula is C15H21N3O4S. The summed E-state index contributed by atoms with van der Waals surface area (Å²) in [4.78, 5) is 25.9. The number of aliphatic carboxylic acids is 1. The van der Waals surface area contributed by atoms with Crippen molar-refractivity contribution in [3.63, 3.8) is 0 Å². The molecule has 7 nitrogen and oxygen atoms in total. The van der Waals surface area contributed by atoms with E-state index in [9.17, 15) is 19.8 Å². The van der Waals surface area contributed by atoms with E-state index in [0.717, 1.165) is 0 Å². The van der Waals surface area contributed by atoms with Crippen molar-refractivity contribution in [1.29, 1.82) is 5.26 Å². The predicted molar refractivity (Wildman–Crippen MR) is 84.9 cm³/mol. The molecule has 0 aliphatic carbocycles. The van der Waals surface area contributed by atoms with Crippen LogP contribution >= 0.6 is 11.8 Å². The van der Waals surface area contributed by atoms with Gasteiger partial charge >= 0.3 is 5.97 Å². The average molecular weight is 339 g/mol. The molecule has 0 spiro atoms. The molecule has 2 aliphatic rings. The van der Waals surface area contributed by atoms with Gasteiger partial charge in [-0.25, -0.2) is 4.79 Å². The minimum Gasteiger partial charge on any atom is -0.477 e. The molecule has 0 saturated carbocycles. The summed E-state index contributed by atoms with van der Waals surface area (Å²) in [6, 6.07) is 1.74. The largest absolute Gasteiger partial charge is 0.477 e. The topological polar surface area (TPSA) is 128 Å². The highest BCUT2D eigenvalue weighted by molar-refractivity contribution is 8.03. The Morgan fingerprint density at radius 3 is 2.78 bits per heavy atom. The molecule has 1 amide bonds. The number of β-lactam (4-membered cyclic amide) rings is 1. The number of aliphatic hydroxyl groups excluding tert-OH is 1. The summed E-state index contributed by atoms with van der Waals surface area (Å²) in [5.74, 6) is -1.57. The maximum atomic E-state index is 12.3. The third-order valence-electron chi connectivity index (χ3n) is 4.30. The van der Waals surface area contributed by atoms with E-state index >= 15 is 0 Å². The smallest absolute Gasteiger partial charge is 0.353 e. The molecule has 8 heteroatoms. The number of unbranched alkanes of at least 4 members (excludes halogenated alkanes) is 1. The number of amides is 1. The van der Waals surface area contributed by atoms with Gasteiger partial charge < -0.3 is 20.8 Å². The van der Waals surface area contributed by atoms with Crippen LogP contribution in [0.1, 0.15) is 26.2 Å². The third-order valence-corrected chi connectivity index (χ3v) is 5.60. The molecule has 4 atom stereocenters. The normalized spacial score (nSPS) is 27.5. The summed E-state index contributed by atoms with van der Waals surface area (Å²) in [6.45, 7) is 1.93. The van der Waals surface area contributed by atoms with E-state index in [0.29, 0.717) is 36.5 Å². The van der Waals surface area contributed by atoms with Gasteiger partial charge in [0, 0.05) is 17.2 Å². The van der Waals surface area contributed by atoms with Gasteiger partial charge in [0.2, 0.25) is 5.91 Å². The molecule has 0 aromatic heterocycles. The second-order valence-electron chi connectivity index (χ2n) is 5.78. The Bertz CT molecular complexity index is 570. The number of fused-ring (bicyclic) bond motifs is 1. The molecular weight excluding hydrogens is 318 g/mol. The Morgan fingerprint density at radius 2 is 2.26 bits per heavy atom. The van der Waals surface area contributed by atoms with Crippen LogP contribution in [0.15, 0.2) is 10.6 Å². The van der Waals surface area contributed by atoms with E-state index in [-0.39, 0.29) is 23.6 Å². The molecule has 0 bridgehead atoms. The van der Waals surface area contributed by atoms with Crippen LogP contribution < -0.4 is 5.73 Å². The summed E-state index contributed by atoms with van der Waals surface area (Å²) in [7, 11) is 0. The Kier molecular flexibility index (Phi) is 5.68. The third kappa shape index (κ3) is 3.09. The van der Waals surface area contributed by atoms with Crippen LogP contribution in [0.25, 0.3) is 0 Å². The number of carbonyl (C=O) groups is 2. The number of rotatable bonds is 8. The number of nitrogens with zero attached hydrogens (tertiary/aromatic N) is 2. The van der Waals surface area contributed by atoms with Gasteiger partial charge in [-0.1, -0.05) is 0 Å². The highest BCUT2D eigenvalue weighted by Crippen LogP contribution is 2.51. The Balaban J connectivity index is 2.28. The van der Waals surface area contributed by atoms with Crippen molar-refractivity contribution >= 4 is 23.6 Å². The maximum absolute atomic E-state index is 12.3. The Labute approximate surface area is 139 Å². The highest BCUT2D eigenvalue weighted by atomic mass is 32.2. The lowest BCUT2D eigenvalue weighted by atomic mass is 9.77. The van der Waals surface area contributed by atoms with Gasteiger partial charge in [-0.3, -0.25) is 4.79 Å². The van der Waals surface area contributed by atoms with E-state index in [2.05, 4.69) is 6.07 Å². The van der Waals surface area contributed by atoms with Crippen molar-refractivity contribution in [2.45, 2.75) is 38.3 Å². The number of carboxylic acid groups (broad SMARTS) is 1. The fraction of sp³-hybridized carbons (Fsp3) is 0.667. The zero-order valence-electron chi connectivity index (χ0n) is 12.9. The lowest BCUT2D eigenvalue weighted by Crippen LogP contribution is -2.64. The summed E-state index contributed by atoms with van der Waals surface area (Å²) in [5, 5.41) is 28.0. The average Bonchev–Trinajstić information content (AvgIpc) is 2.74. The van der Waals surface area contributed by atoms with Gasteiger partial charge in [-0.05, 0) is 32.1 Å². The van der Waals surface area contributed by atoms with Gasteiger partial charge in [-0.15, -0.1) is 11.8 Å². The van der Waals surface area contributed by atoms with Crippen LogP contribution in [0.3, 0.4) is 0 Å². The Morgan fingerprint density at radius 1 is 1.57 bits per heavy atom. The van der Waals surface area contributed by atoms with Crippen LogP contribution in [0, 0.1) is 23.2 Å². The minimum atomic E-state index is -1.13. The van der Waals surface area contributed by atoms with Gasteiger partial charge in [-0.2, -0.15) is 5.26 Å². The first-order valence-electron chi connectivity index (χ1n) is 7.64. The van der Waals surface area contributed by atoms with Crippen LogP contribution in [-0.2, 0) is 9.59 Å². The molecule has 2 rings (SSSR count). The van der Waals surface area contributed by atoms with Gasteiger partial charge in [0.05, 0.1) is 24.1 Å². The van der Waals surface area contributed by atoms with Crippen LogP contribution in [0.4, 0.5) is 0 Å². The van der Waals surface area contributed by atoms with Crippen LogP contribution in [0.2, 0.25) is 0 Å². The van der Waals surface area contributed by atoms with E-state index in [4.69, 9.17) is 11.0 Å². The van der Waals surface area contributed by atoms with Crippen LogP contribution in [0.5, 0.6) is 0 Å². The van der Waals surface area contributed by atoms with Gasteiger partial charge in [0.15, 0.2) is 0 Å². The second-order valence-corrected chi connectivity index (χ2v) is 6.91. The van der Waals surface area contributed by atoms with Crippen LogP contribution in [-0.4, -0.2) is 51.4 Å². The number of aliphatic hydroxyl groups is 1. The monoisotopic (exact) mass is 339 g/mol. The van der Waals surface area contributed by atoms with E-state index in [1.165, 1.54) is 16.7 Å². The summed E-state index contributed by atoms with van der Waals surface area (Å²) >= 11 is 1.39. The molecule has 126 valence electrons. The molecule has 0 aromatic carbocycles. The molecule has 0 unspecified atom stereocenters. The molecule has 0 aromatic rings. The minimum absolute atomic E-state index is 0.0253. The van der Waals surface area contributed by atoms with Crippen molar-refractivity contribution in [3.8, 4) is 6.07 Å². The molecule has 23 heavy (non-hydrogen) atoms. The number of carbonyl (C=O) groups excluding carboxylic acids is 1. The van der Waals surface area contributed by atoms with Crippen molar-refractivity contribution in [1.82, 2.24) is 4.90 Å². The number of nitriles is 1. The van der Waals surface area contributed by atoms with E-state index in [1.807, 2.05) is 0 Å². The number of hydrogen-bond acceptors (Lipinski definition) is 6. The van der Waals surface area contributed by atoms with Crippen molar-refractivity contribution < 1.29 is 19.8 Å². The fourth-order valence-corrected chi connectivity index (χ4v) is 4.66. The molecule has 2 aliphatic heterocycles. The lowest BCUT2D eigenvalue weighted by molar-refractivity contribution is -0.163. The first kappa shape index (κ1) is 17.8. The van der Waals surface area contributed by atoms with Crippen molar-refractivity contribution in [2.24, 2.45) is 17.6 Å². The summed E-state index contributed by atoms with van der Waals surface area (Å²) in [5.41, 5.74) is 5.69. The zero-order valence-corrected chi connectivity index (χ0v) is 13.8. The molecule has 0 radical (unpaired) electrons. The Hall–Kier alpha value is -1.56. The number of carboxylic acids is 1. The number of thioether (sulfide) groups is 1. The van der Waals surface area contributed by atoms with E-state index in [1.54, 1.807) is 6.92 Å². The molecule has 2 heterocycles. The molecule has 4 N–H and O–H groups in total. The highest BCUT2D eigenvalue weighted by Gasteiger charge is 2.60. The van der Waals surface area contributed by atoms with E-state index < -0.39 is 18.0 Å². The van der Waals surface area contributed by atoms with Gasteiger partial charge in [0.1, 0.15) is 5.70 Å². The first-order chi connectivity index (χ1) is 11.0. The summed E-state index contributed by atoms with van der Waals surface area (Å²) < 4.78 is 0. The lowest BCUT2D eigenvalue weighted by Gasteiger charge is -2.47. The predicted octanol–water partition coefficient (Wildman–Crippen LogP) is 0.506. The first-order valence-corrected chi connectivity index (χ1v) is 8.62. The molecule has 1 fully saturated rings. The number of nitrogens with two attached hydrogens (primary N) is 1. The number of hydrogen-bond donors (Lipinski definition) is 3. The second kappa shape index (κ2) is 7.34. The SMILES string of the molecule is C[C@@H](O)[C@H]1C(=O)N2C(C(=O)O)=C(SCCCC#N)[C@H](CCN)[C@H]12. The molecule has 1 saturated heterocycles. The maximum Gasteiger partial charge on any atom is 0.353 e. The van der Waals surface area contributed by atoms with Gasteiger partial charge in [0.25, 0.3) is 0 Å². The fourth-order valence-electron chi connectivity index (χ4n) is 3.36. The zero-order chi connectivity index (χ0) is 17.1.